The maximum atomic E-state index is 12.9. The van der Waals surface area contributed by atoms with Crippen molar-refractivity contribution in [2.45, 2.75) is 12.8 Å². The molecule has 0 heterocycles. The Labute approximate surface area is 110 Å². The fraction of sp³-hybridized carbons (Fsp3) is 0.308. The first-order chi connectivity index (χ1) is 9.13. The van der Waals surface area contributed by atoms with Crippen LogP contribution in [0.1, 0.15) is 23.2 Å². The summed E-state index contributed by atoms with van der Waals surface area (Å²) in [4.78, 5) is 22.5. The number of benzene rings is 1. The molecule has 0 saturated carbocycles. The molecule has 0 saturated heterocycles. The molecule has 0 bridgehead atoms. The van der Waals surface area contributed by atoms with E-state index in [1.807, 2.05) is 0 Å². The third kappa shape index (κ3) is 5.64. The molecule has 2 amide bonds. The van der Waals surface area contributed by atoms with Crippen LogP contribution >= 0.6 is 0 Å². The van der Waals surface area contributed by atoms with E-state index in [1.165, 1.54) is 18.2 Å². The van der Waals surface area contributed by atoms with E-state index in [2.05, 4.69) is 10.6 Å². The molecule has 100 valence electrons. The molecule has 0 spiro atoms. The van der Waals surface area contributed by atoms with Crippen molar-refractivity contribution in [2.24, 2.45) is 0 Å². The van der Waals surface area contributed by atoms with Crippen LogP contribution in [0.2, 0.25) is 0 Å². The van der Waals surface area contributed by atoms with Gasteiger partial charge >= 0.3 is 0 Å². The zero-order valence-corrected chi connectivity index (χ0v) is 10.3. The minimum atomic E-state index is -0.462. The Balaban J connectivity index is 2.21. The van der Waals surface area contributed by atoms with Crippen molar-refractivity contribution in [3.05, 3.63) is 35.6 Å². The number of rotatable bonds is 6. The van der Waals surface area contributed by atoms with E-state index >= 15 is 0 Å². The van der Waals surface area contributed by atoms with Crippen LogP contribution in [-0.4, -0.2) is 24.9 Å². The molecule has 1 rings (SSSR count). The molecule has 5 nitrogen and oxygen atoms in total. The van der Waals surface area contributed by atoms with E-state index < -0.39 is 5.82 Å². The summed E-state index contributed by atoms with van der Waals surface area (Å²) in [6.07, 6.45) is 0.369. The summed E-state index contributed by atoms with van der Waals surface area (Å²) in [7, 11) is 0. The van der Waals surface area contributed by atoms with Crippen LogP contribution in [0, 0.1) is 17.1 Å². The topological polar surface area (TPSA) is 82.0 Å². The molecule has 0 aliphatic carbocycles. The van der Waals surface area contributed by atoms with Crippen LogP contribution in [0.5, 0.6) is 0 Å². The molecule has 0 unspecified atom stereocenters. The summed E-state index contributed by atoms with van der Waals surface area (Å²) in [5.41, 5.74) is 0.258. The molecule has 0 radical (unpaired) electrons. The number of nitrogens with one attached hydrogen (secondary N) is 2. The number of nitrogens with zero attached hydrogens (tertiary/aromatic N) is 1. The van der Waals surface area contributed by atoms with E-state index in [9.17, 15) is 14.0 Å². The average molecular weight is 263 g/mol. The first-order valence-electron chi connectivity index (χ1n) is 5.81. The highest BCUT2D eigenvalue weighted by Gasteiger charge is 2.05. The van der Waals surface area contributed by atoms with Gasteiger partial charge in [-0.05, 0) is 24.6 Å². The van der Waals surface area contributed by atoms with Crippen molar-refractivity contribution in [3.63, 3.8) is 0 Å². The standard InChI is InChI=1S/C13H14FN3O2/c14-11-4-1-3-10(9-11)13(19)17-8-2-7-16-12(18)5-6-15/h1,3-4,9H,2,5,7-8H2,(H,16,18)(H,17,19). The van der Waals surface area contributed by atoms with Gasteiger partial charge in [0.15, 0.2) is 0 Å². The second-order valence-electron chi connectivity index (χ2n) is 3.80. The molecule has 0 aromatic heterocycles. The van der Waals surface area contributed by atoms with Crippen molar-refractivity contribution in [2.75, 3.05) is 13.1 Å². The highest BCUT2D eigenvalue weighted by atomic mass is 19.1. The SMILES string of the molecule is N#CCC(=O)NCCCNC(=O)c1cccc(F)c1. The van der Waals surface area contributed by atoms with Gasteiger partial charge in [0, 0.05) is 18.7 Å². The Morgan fingerprint density at radius 3 is 2.68 bits per heavy atom. The first-order valence-corrected chi connectivity index (χ1v) is 5.81. The average Bonchev–Trinajstić information content (AvgIpc) is 2.38. The first kappa shape index (κ1) is 14.6. The third-order valence-corrected chi connectivity index (χ3v) is 2.29. The Morgan fingerprint density at radius 1 is 1.26 bits per heavy atom. The predicted molar refractivity (Wildman–Crippen MR) is 66.6 cm³/mol. The highest BCUT2D eigenvalue weighted by molar-refractivity contribution is 5.94. The fourth-order valence-corrected chi connectivity index (χ4v) is 1.38. The summed E-state index contributed by atoms with van der Waals surface area (Å²) in [5, 5.41) is 13.4. The van der Waals surface area contributed by atoms with Gasteiger partial charge in [-0.2, -0.15) is 5.26 Å². The zero-order chi connectivity index (χ0) is 14.1. The largest absolute Gasteiger partial charge is 0.355 e. The Morgan fingerprint density at radius 2 is 2.00 bits per heavy atom. The van der Waals surface area contributed by atoms with Gasteiger partial charge < -0.3 is 10.6 Å². The van der Waals surface area contributed by atoms with Crippen molar-refractivity contribution in [1.82, 2.24) is 10.6 Å². The summed E-state index contributed by atoms with van der Waals surface area (Å²) in [6.45, 7) is 0.742. The minimum absolute atomic E-state index is 0.171. The van der Waals surface area contributed by atoms with Gasteiger partial charge in [-0.25, -0.2) is 4.39 Å². The lowest BCUT2D eigenvalue weighted by Gasteiger charge is -2.06. The van der Waals surface area contributed by atoms with Crippen molar-refractivity contribution >= 4 is 11.8 Å². The van der Waals surface area contributed by atoms with Gasteiger partial charge in [0.05, 0.1) is 6.07 Å². The molecule has 1 aromatic carbocycles. The Hall–Kier alpha value is -2.42. The summed E-state index contributed by atoms with van der Waals surface area (Å²) >= 11 is 0. The maximum Gasteiger partial charge on any atom is 0.251 e. The second-order valence-corrected chi connectivity index (χ2v) is 3.80. The van der Waals surface area contributed by atoms with Crippen LogP contribution in [0.25, 0.3) is 0 Å². The number of carbonyl (C=O) groups is 2. The normalized spacial score (nSPS) is 9.47. The summed E-state index contributed by atoms with van der Waals surface area (Å²) in [6, 6.07) is 7.14. The molecule has 1 aromatic rings. The van der Waals surface area contributed by atoms with Gasteiger partial charge in [0.2, 0.25) is 5.91 Å². The Bertz CT molecular complexity index is 497. The second kappa shape index (κ2) is 7.82. The van der Waals surface area contributed by atoms with Crippen molar-refractivity contribution in [3.8, 4) is 6.07 Å². The van der Waals surface area contributed by atoms with Crippen LogP contribution in [-0.2, 0) is 4.79 Å². The lowest BCUT2D eigenvalue weighted by molar-refractivity contribution is -0.120. The van der Waals surface area contributed by atoms with Gasteiger partial charge in [-0.15, -0.1) is 0 Å². The minimum Gasteiger partial charge on any atom is -0.355 e. The maximum absolute atomic E-state index is 12.9. The van der Waals surface area contributed by atoms with Crippen LogP contribution < -0.4 is 10.6 Å². The van der Waals surface area contributed by atoms with Crippen molar-refractivity contribution < 1.29 is 14.0 Å². The molecule has 0 atom stereocenters. The number of nitriles is 1. The highest BCUT2D eigenvalue weighted by Crippen LogP contribution is 2.02. The lowest BCUT2D eigenvalue weighted by Crippen LogP contribution is -2.29. The van der Waals surface area contributed by atoms with Crippen molar-refractivity contribution in [1.29, 1.82) is 5.26 Å². The van der Waals surface area contributed by atoms with Crippen LogP contribution in [0.15, 0.2) is 24.3 Å². The molecular weight excluding hydrogens is 249 g/mol. The predicted octanol–water partition coefficient (Wildman–Crippen LogP) is 0.975. The van der Waals surface area contributed by atoms with E-state index in [-0.39, 0.29) is 23.8 Å². The third-order valence-electron chi connectivity index (χ3n) is 2.29. The lowest BCUT2D eigenvalue weighted by atomic mass is 10.2. The number of carbonyl (C=O) groups excluding carboxylic acids is 2. The molecule has 0 aliphatic heterocycles. The Kier molecular flexibility index (Phi) is 6.03. The monoisotopic (exact) mass is 263 g/mol. The number of amides is 2. The molecular formula is C13H14FN3O2. The van der Waals surface area contributed by atoms with Gasteiger partial charge in [-0.1, -0.05) is 6.07 Å². The van der Waals surface area contributed by atoms with E-state index in [1.54, 1.807) is 6.07 Å². The number of halogens is 1. The molecule has 0 aliphatic rings. The quantitative estimate of drug-likeness (QED) is 0.750. The van der Waals surface area contributed by atoms with Crippen LogP contribution in [0.3, 0.4) is 0 Å². The van der Waals surface area contributed by atoms with E-state index in [0.717, 1.165) is 6.07 Å². The van der Waals surface area contributed by atoms with E-state index in [0.29, 0.717) is 19.5 Å². The van der Waals surface area contributed by atoms with Gasteiger partial charge in [0.1, 0.15) is 12.2 Å². The molecule has 2 N–H and O–H groups in total. The smallest absolute Gasteiger partial charge is 0.251 e. The van der Waals surface area contributed by atoms with Crippen LogP contribution in [0.4, 0.5) is 4.39 Å². The zero-order valence-electron chi connectivity index (χ0n) is 10.3. The van der Waals surface area contributed by atoms with Gasteiger partial charge in [0.25, 0.3) is 5.91 Å². The van der Waals surface area contributed by atoms with Gasteiger partial charge in [-0.3, -0.25) is 9.59 Å². The molecule has 0 fully saturated rings. The number of hydrogen-bond donors (Lipinski definition) is 2. The number of hydrogen-bond acceptors (Lipinski definition) is 3. The molecule has 19 heavy (non-hydrogen) atoms. The fourth-order valence-electron chi connectivity index (χ4n) is 1.38. The summed E-state index contributed by atoms with van der Waals surface area (Å²) < 4.78 is 12.9. The van der Waals surface area contributed by atoms with E-state index in [4.69, 9.17) is 5.26 Å². The molecule has 6 heteroatoms. The summed E-state index contributed by atoms with van der Waals surface area (Å²) in [5.74, 6) is -1.15.